The van der Waals surface area contributed by atoms with Gasteiger partial charge in [0.25, 0.3) is 5.91 Å². The zero-order chi connectivity index (χ0) is 25.4. The van der Waals surface area contributed by atoms with Crippen molar-refractivity contribution in [3.63, 3.8) is 0 Å². The second-order valence-electron chi connectivity index (χ2n) is 8.99. The second-order valence-corrected chi connectivity index (χ2v) is 9.43. The molecular weight excluding hydrogens is 488 g/mol. The largest absolute Gasteiger partial charge is 0.489 e. The number of nitrogens with zero attached hydrogens (tertiary/aromatic N) is 2. The number of amides is 2. The van der Waals surface area contributed by atoms with E-state index in [1.165, 1.54) is 4.90 Å². The highest BCUT2D eigenvalue weighted by Gasteiger charge is 2.60. The fourth-order valence-electron chi connectivity index (χ4n) is 4.92. The fraction of sp³-hybridized carbons (Fsp3) is 0.133. The first-order chi connectivity index (χ1) is 18.1. The molecule has 6 rings (SSSR count). The highest BCUT2D eigenvalue weighted by Crippen LogP contribution is 2.47. The van der Waals surface area contributed by atoms with Gasteiger partial charge in [0.2, 0.25) is 5.91 Å². The lowest BCUT2D eigenvalue weighted by Crippen LogP contribution is -2.37. The van der Waals surface area contributed by atoms with Gasteiger partial charge in [-0.3, -0.25) is 14.4 Å². The van der Waals surface area contributed by atoms with E-state index in [0.29, 0.717) is 23.1 Å². The summed E-state index contributed by atoms with van der Waals surface area (Å²) in [5.74, 6) is -0.722. The van der Waals surface area contributed by atoms with Crippen LogP contribution in [0.4, 0.5) is 11.4 Å². The van der Waals surface area contributed by atoms with Crippen molar-refractivity contribution >= 4 is 34.8 Å². The number of fused-ring (bicyclic) bond motifs is 1. The minimum atomic E-state index is -0.939. The Balaban J connectivity index is 1.32. The number of hydrogen-bond acceptors (Lipinski definition) is 5. The van der Waals surface area contributed by atoms with Crippen LogP contribution in [0.5, 0.6) is 5.75 Å². The average Bonchev–Trinajstić information content (AvgIpc) is 3.44. The summed E-state index contributed by atoms with van der Waals surface area (Å²) in [6.07, 6.45) is -0.939. The molecular formula is C30H23ClN2O4. The first kappa shape index (κ1) is 23.3. The van der Waals surface area contributed by atoms with Crippen LogP contribution < -0.4 is 14.7 Å². The van der Waals surface area contributed by atoms with Gasteiger partial charge in [0.1, 0.15) is 18.3 Å². The van der Waals surface area contributed by atoms with E-state index in [-0.39, 0.29) is 5.91 Å². The summed E-state index contributed by atoms with van der Waals surface area (Å²) >= 11 is 6.15. The normalized spacial score (nSPS) is 20.8. The lowest BCUT2D eigenvalue weighted by Gasteiger charge is -2.29. The number of para-hydroxylation sites is 1. The molecule has 7 heteroatoms. The maximum Gasteiger partial charge on any atom is 0.266 e. The summed E-state index contributed by atoms with van der Waals surface area (Å²) in [5.41, 5.74) is 3.12. The number of benzene rings is 4. The van der Waals surface area contributed by atoms with Gasteiger partial charge in [-0.1, -0.05) is 78.3 Å². The first-order valence-electron chi connectivity index (χ1n) is 12.0. The molecule has 0 N–H and O–H groups in total. The predicted molar refractivity (Wildman–Crippen MR) is 141 cm³/mol. The molecule has 6 nitrogen and oxygen atoms in total. The van der Waals surface area contributed by atoms with Crippen LogP contribution in [-0.2, 0) is 21.0 Å². The van der Waals surface area contributed by atoms with Crippen molar-refractivity contribution in [1.29, 1.82) is 0 Å². The number of halogens is 1. The number of ether oxygens (including phenoxy) is 1. The molecule has 0 radical (unpaired) electrons. The van der Waals surface area contributed by atoms with Gasteiger partial charge < -0.3 is 4.74 Å². The van der Waals surface area contributed by atoms with Crippen LogP contribution in [0.15, 0.2) is 109 Å². The van der Waals surface area contributed by atoms with Crippen LogP contribution in [0.1, 0.15) is 17.2 Å². The van der Waals surface area contributed by atoms with E-state index in [4.69, 9.17) is 21.2 Å². The molecule has 2 saturated heterocycles. The van der Waals surface area contributed by atoms with Gasteiger partial charge in [-0.05, 0) is 53.6 Å². The molecule has 0 aromatic heterocycles. The van der Waals surface area contributed by atoms with Crippen molar-refractivity contribution in [2.45, 2.75) is 18.8 Å². The Labute approximate surface area is 219 Å². The number of hydroxylamine groups is 1. The van der Waals surface area contributed by atoms with Crippen molar-refractivity contribution in [3.8, 4) is 5.75 Å². The second kappa shape index (κ2) is 9.73. The van der Waals surface area contributed by atoms with Crippen LogP contribution in [-0.4, -0.2) is 17.9 Å². The smallest absolute Gasteiger partial charge is 0.266 e. The molecule has 0 saturated carbocycles. The molecule has 2 fully saturated rings. The molecule has 2 heterocycles. The minimum absolute atomic E-state index is 0.315. The molecule has 2 amide bonds. The van der Waals surface area contributed by atoms with Gasteiger partial charge in [-0.15, -0.1) is 0 Å². The van der Waals surface area contributed by atoms with E-state index >= 15 is 0 Å². The zero-order valence-electron chi connectivity index (χ0n) is 19.7. The number of carbonyl (C=O) groups is 2. The molecule has 37 heavy (non-hydrogen) atoms. The van der Waals surface area contributed by atoms with Crippen molar-refractivity contribution in [2.24, 2.45) is 5.92 Å². The topological polar surface area (TPSA) is 59.1 Å². The summed E-state index contributed by atoms with van der Waals surface area (Å²) in [5, 5.41) is 2.13. The molecule has 4 aromatic carbocycles. The van der Waals surface area contributed by atoms with Gasteiger partial charge in [-0.25, -0.2) is 9.96 Å². The number of hydrogen-bond donors (Lipinski definition) is 0. The van der Waals surface area contributed by atoms with Crippen LogP contribution in [0, 0.1) is 5.92 Å². The lowest BCUT2D eigenvalue weighted by molar-refractivity contribution is -0.126. The molecule has 184 valence electrons. The van der Waals surface area contributed by atoms with Gasteiger partial charge in [0.15, 0.2) is 6.10 Å². The molecule has 0 bridgehead atoms. The summed E-state index contributed by atoms with van der Waals surface area (Å²) < 4.78 is 5.95. The van der Waals surface area contributed by atoms with E-state index < -0.39 is 24.0 Å². The van der Waals surface area contributed by atoms with E-state index in [9.17, 15) is 9.59 Å². The van der Waals surface area contributed by atoms with Gasteiger partial charge in [0.05, 0.1) is 17.4 Å². The molecule has 3 atom stereocenters. The molecule has 0 aliphatic carbocycles. The average molecular weight is 511 g/mol. The predicted octanol–water partition coefficient (Wildman–Crippen LogP) is 5.97. The molecule has 2 aliphatic heterocycles. The summed E-state index contributed by atoms with van der Waals surface area (Å²) in [6.45, 7) is 0.454. The van der Waals surface area contributed by atoms with Crippen LogP contribution in [0.3, 0.4) is 0 Å². The maximum atomic E-state index is 13.7. The Morgan fingerprint density at radius 2 is 1.43 bits per heavy atom. The monoisotopic (exact) mass is 510 g/mol. The Kier molecular flexibility index (Phi) is 6.12. The van der Waals surface area contributed by atoms with Gasteiger partial charge in [0, 0.05) is 5.02 Å². The highest BCUT2D eigenvalue weighted by atomic mass is 35.5. The number of rotatable bonds is 6. The Morgan fingerprint density at radius 3 is 2.14 bits per heavy atom. The van der Waals surface area contributed by atoms with Crippen molar-refractivity contribution in [3.05, 3.63) is 125 Å². The zero-order valence-corrected chi connectivity index (χ0v) is 20.5. The number of carbonyl (C=O) groups excluding carboxylic acids is 2. The van der Waals surface area contributed by atoms with Gasteiger partial charge in [-0.2, -0.15) is 0 Å². The fourth-order valence-corrected chi connectivity index (χ4v) is 5.11. The van der Waals surface area contributed by atoms with Crippen LogP contribution in [0.2, 0.25) is 5.02 Å². The summed E-state index contributed by atoms with van der Waals surface area (Å²) in [6, 6.07) is 33.3. The SMILES string of the molecule is O=C1C2ON(c3ccccc3)C(c3ccc(OCc4ccccc4)cc3)C2C(=O)N1c1cccc(Cl)c1. The molecule has 3 unspecified atom stereocenters. The Hall–Kier alpha value is -4.13. The third-order valence-corrected chi connectivity index (χ3v) is 6.90. The van der Waals surface area contributed by atoms with Crippen molar-refractivity contribution in [1.82, 2.24) is 0 Å². The highest BCUT2D eigenvalue weighted by molar-refractivity contribution is 6.31. The van der Waals surface area contributed by atoms with Crippen molar-refractivity contribution < 1.29 is 19.2 Å². The number of imide groups is 1. The Morgan fingerprint density at radius 1 is 0.757 bits per heavy atom. The summed E-state index contributed by atoms with van der Waals surface area (Å²) in [4.78, 5) is 34.5. The Bertz CT molecular complexity index is 1430. The van der Waals surface area contributed by atoms with E-state index in [1.54, 1.807) is 29.3 Å². The van der Waals surface area contributed by atoms with E-state index in [1.807, 2.05) is 84.9 Å². The first-order valence-corrected chi connectivity index (χ1v) is 12.4. The molecule has 4 aromatic rings. The van der Waals surface area contributed by atoms with Gasteiger partial charge >= 0.3 is 0 Å². The molecule has 0 spiro atoms. The van der Waals surface area contributed by atoms with E-state index in [2.05, 4.69) is 0 Å². The quantitative estimate of drug-likeness (QED) is 0.299. The molecule has 2 aliphatic rings. The van der Waals surface area contributed by atoms with Crippen LogP contribution in [0.25, 0.3) is 0 Å². The third kappa shape index (κ3) is 4.35. The van der Waals surface area contributed by atoms with Crippen LogP contribution >= 0.6 is 11.6 Å². The lowest BCUT2D eigenvalue weighted by atomic mass is 9.90. The van der Waals surface area contributed by atoms with Crippen molar-refractivity contribution in [2.75, 3.05) is 9.96 Å². The maximum absolute atomic E-state index is 13.7. The standard InChI is InChI=1S/C30H23ClN2O4/c31-22-10-7-13-24(18-22)32-29(34)26-27(33(37-28(26)30(32)35)23-11-5-2-6-12-23)21-14-16-25(17-15-21)36-19-20-8-3-1-4-9-20/h1-18,26-28H,19H2. The minimum Gasteiger partial charge on any atom is -0.489 e. The third-order valence-electron chi connectivity index (χ3n) is 6.66. The summed E-state index contributed by atoms with van der Waals surface area (Å²) in [7, 11) is 0. The van der Waals surface area contributed by atoms with E-state index in [0.717, 1.165) is 16.8 Å². The number of anilines is 2.